The smallest absolute Gasteiger partial charge is 0.306 e. The fraction of sp³-hybridized carbons (Fsp3) is 0.533. The van der Waals surface area contributed by atoms with Gasteiger partial charge in [0.1, 0.15) is 11.1 Å². The average molecular weight is 304 g/mol. The van der Waals surface area contributed by atoms with Crippen molar-refractivity contribution in [1.29, 1.82) is 5.26 Å². The number of nitrogens with zero attached hydrogens (tertiary/aromatic N) is 1. The lowest BCUT2D eigenvalue weighted by Crippen LogP contribution is -2.38. The zero-order valence-electron chi connectivity index (χ0n) is 11.5. The second-order valence-electron chi connectivity index (χ2n) is 5.72. The Kier molecular flexibility index (Phi) is 3.68. The molecule has 0 spiro atoms. The van der Waals surface area contributed by atoms with E-state index in [1.807, 2.05) is 0 Å². The minimum Gasteiger partial charge on any atom is -0.481 e. The van der Waals surface area contributed by atoms with Crippen molar-refractivity contribution in [2.24, 2.45) is 11.8 Å². The highest BCUT2D eigenvalue weighted by Gasteiger charge is 2.39. The maximum Gasteiger partial charge on any atom is 0.306 e. The van der Waals surface area contributed by atoms with Crippen molar-refractivity contribution in [2.75, 3.05) is 5.32 Å². The van der Waals surface area contributed by atoms with Crippen molar-refractivity contribution in [3.8, 4) is 6.07 Å². The number of anilines is 1. The van der Waals surface area contributed by atoms with Crippen molar-refractivity contribution in [2.45, 2.75) is 38.5 Å². The Morgan fingerprint density at radius 1 is 1.24 bits per heavy atom. The van der Waals surface area contributed by atoms with Gasteiger partial charge in [-0.3, -0.25) is 9.59 Å². The SMILES string of the molecule is N#Cc1c(NC(=O)C2CC(C(=O)O)C2)sc2c1CCCC2. The summed E-state index contributed by atoms with van der Waals surface area (Å²) in [5, 5.41) is 21.7. The Morgan fingerprint density at radius 3 is 2.62 bits per heavy atom. The summed E-state index contributed by atoms with van der Waals surface area (Å²) in [6.45, 7) is 0. The number of hydrogen-bond acceptors (Lipinski definition) is 4. The van der Waals surface area contributed by atoms with Crippen LogP contribution >= 0.6 is 11.3 Å². The molecule has 0 unspecified atom stereocenters. The van der Waals surface area contributed by atoms with Crippen LogP contribution in [-0.2, 0) is 22.4 Å². The Bertz CT molecular complexity index is 638. The molecule has 1 amide bonds. The van der Waals surface area contributed by atoms with Gasteiger partial charge in [0, 0.05) is 10.8 Å². The first kappa shape index (κ1) is 14.1. The maximum absolute atomic E-state index is 12.1. The average Bonchev–Trinajstić information content (AvgIpc) is 2.73. The van der Waals surface area contributed by atoms with E-state index >= 15 is 0 Å². The molecule has 1 aromatic heterocycles. The van der Waals surface area contributed by atoms with Gasteiger partial charge in [-0.2, -0.15) is 5.26 Å². The molecule has 0 aromatic carbocycles. The largest absolute Gasteiger partial charge is 0.481 e. The van der Waals surface area contributed by atoms with Gasteiger partial charge < -0.3 is 10.4 Å². The summed E-state index contributed by atoms with van der Waals surface area (Å²) < 4.78 is 0. The van der Waals surface area contributed by atoms with E-state index in [1.54, 1.807) is 0 Å². The van der Waals surface area contributed by atoms with Crippen molar-refractivity contribution in [3.05, 3.63) is 16.0 Å². The summed E-state index contributed by atoms with van der Waals surface area (Å²) >= 11 is 1.50. The lowest BCUT2D eigenvalue weighted by atomic mass is 9.74. The van der Waals surface area contributed by atoms with Crippen LogP contribution in [0.4, 0.5) is 5.00 Å². The highest BCUT2D eigenvalue weighted by atomic mass is 32.1. The van der Waals surface area contributed by atoms with Crippen molar-refractivity contribution < 1.29 is 14.7 Å². The molecule has 0 radical (unpaired) electrons. The van der Waals surface area contributed by atoms with Gasteiger partial charge in [-0.1, -0.05) is 0 Å². The van der Waals surface area contributed by atoms with E-state index in [1.165, 1.54) is 16.2 Å². The number of carboxylic acid groups (broad SMARTS) is 1. The molecule has 1 saturated carbocycles. The van der Waals surface area contributed by atoms with Crippen LogP contribution in [0.25, 0.3) is 0 Å². The first-order valence-corrected chi connectivity index (χ1v) is 8.00. The second-order valence-corrected chi connectivity index (χ2v) is 6.82. The van der Waals surface area contributed by atoms with Crippen LogP contribution in [0.3, 0.4) is 0 Å². The number of carbonyl (C=O) groups is 2. The number of aliphatic carboxylic acids is 1. The molecular weight excluding hydrogens is 288 g/mol. The Morgan fingerprint density at radius 2 is 1.95 bits per heavy atom. The summed E-state index contributed by atoms with van der Waals surface area (Å²) in [7, 11) is 0. The topological polar surface area (TPSA) is 90.2 Å². The highest BCUT2D eigenvalue weighted by Crippen LogP contribution is 2.39. The number of rotatable bonds is 3. The molecule has 0 atom stereocenters. The minimum absolute atomic E-state index is 0.150. The highest BCUT2D eigenvalue weighted by molar-refractivity contribution is 7.16. The van der Waals surface area contributed by atoms with E-state index in [0.29, 0.717) is 23.4 Å². The third kappa shape index (κ3) is 2.54. The van der Waals surface area contributed by atoms with Crippen LogP contribution in [0.5, 0.6) is 0 Å². The second kappa shape index (κ2) is 5.49. The number of carbonyl (C=O) groups excluding carboxylic acids is 1. The number of aryl methyl sites for hydroxylation is 1. The van der Waals surface area contributed by atoms with E-state index in [2.05, 4.69) is 11.4 Å². The van der Waals surface area contributed by atoms with E-state index in [-0.39, 0.29) is 11.8 Å². The number of nitrogens with one attached hydrogen (secondary N) is 1. The van der Waals surface area contributed by atoms with Crippen molar-refractivity contribution in [1.82, 2.24) is 0 Å². The molecule has 0 aliphatic heterocycles. The van der Waals surface area contributed by atoms with Crippen LogP contribution in [-0.4, -0.2) is 17.0 Å². The Labute approximate surface area is 126 Å². The molecule has 1 aromatic rings. The first-order valence-electron chi connectivity index (χ1n) is 7.18. The zero-order chi connectivity index (χ0) is 15.0. The van der Waals surface area contributed by atoms with Gasteiger partial charge in [0.2, 0.25) is 5.91 Å². The fourth-order valence-electron chi connectivity index (χ4n) is 3.02. The molecule has 2 aliphatic carbocycles. The molecule has 0 bridgehead atoms. The molecule has 6 heteroatoms. The Hall–Kier alpha value is -1.87. The van der Waals surface area contributed by atoms with E-state index in [4.69, 9.17) is 5.11 Å². The lowest BCUT2D eigenvalue weighted by molar-refractivity contribution is -0.147. The number of fused-ring (bicyclic) bond motifs is 1. The number of carboxylic acids is 1. The first-order chi connectivity index (χ1) is 10.1. The molecular formula is C15H16N2O3S. The number of hydrogen-bond donors (Lipinski definition) is 2. The van der Waals surface area contributed by atoms with Crippen molar-refractivity contribution in [3.63, 3.8) is 0 Å². The van der Waals surface area contributed by atoms with Gasteiger partial charge in [-0.25, -0.2) is 0 Å². The quantitative estimate of drug-likeness (QED) is 0.898. The summed E-state index contributed by atoms with van der Waals surface area (Å²) in [5.41, 5.74) is 1.71. The molecule has 110 valence electrons. The molecule has 5 nitrogen and oxygen atoms in total. The molecule has 0 saturated heterocycles. The lowest BCUT2D eigenvalue weighted by Gasteiger charge is -2.30. The third-order valence-electron chi connectivity index (χ3n) is 4.38. The molecule has 2 aliphatic rings. The third-order valence-corrected chi connectivity index (χ3v) is 5.59. The van der Waals surface area contributed by atoms with E-state index < -0.39 is 11.9 Å². The summed E-state index contributed by atoms with van der Waals surface area (Å²) in [5.74, 6) is -1.62. The minimum atomic E-state index is -0.830. The van der Waals surface area contributed by atoms with E-state index in [9.17, 15) is 14.9 Å². The van der Waals surface area contributed by atoms with Crippen LogP contribution in [0.1, 0.15) is 41.7 Å². The van der Waals surface area contributed by atoms with Crippen LogP contribution < -0.4 is 5.32 Å². The van der Waals surface area contributed by atoms with Gasteiger partial charge in [0.25, 0.3) is 0 Å². The van der Waals surface area contributed by atoms with Gasteiger partial charge in [-0.05, 0) is 44.1 Å². The van der Waals surface area contributed by atoms with Crippen molar-refractivity contribution >= 4 is 28.2 Å². The molecule has 3 rings (SSSR count). The fourth-order valence-corrected chi connectivity index (χ4v) is 4.26. The van der Waals surface area contributed by atoms with Gasteiger partial charge in [0.05, 0.1) is 11.5 Å². The van der Waals surface area contributed by atoms with Crippen LogP contribution in [0.2, 0.25) is 0 Å². The van der Waals surface area contributed by atoms with E-state index in [0.717, 1.165) is 31.2 Å². The normalized spacial score (nSPS) is 23.6. The molecule has 21 heavy (non-hydrogen) atoms. The Balaban J connectivity index is 1.71. The molecule has 1 heterocycles. The number of thiophene rings is 1. The predicted octanol–water partition coefficient (Wildman–Crippen LogP) is 2.55. The molecule has 1 fully saturated rings. The number of amides is 1. The van der Waals surface area contributed by atoms with Crippen LogP contribution in [0, 0.1) is 23.2 Å². The summed E-state index contributed by atoms with van der Waals surface area (Å²) in [6.07, 6.45) is 4.91. The molecule has 2 N–H and O–H groups in total. The van der Waals surface area contributed by atoms with Gasteiger partial charge >= 0.3 is 5.97 Å². The standard InChI is InChI=1S/C15H16N2O3S/c16-7-11-10-3-1-2-4-12(10)21-14(11)17-13(18)8-5-9(6-8)15(19)20/h8-9H,1-6H2,(H,17,18)(H,19,20). The zero-order valence-corrected chi connectivity index (χ0v) is 12.3. The monoisotopic (exact) mass is 304 g/mol. The number of nitriles is 1. The predicted molar refractivity (Wildman–Crippen MR) is 78.2 cm³/mol. The van der Waals surface area contributed by atoms with Crippen LogP contribution in [0.15, 0.2) is 0 Å². The van der Waals surface area contributed by atoms with Gasteiger partial charge in [-0.15, -0.1) is 11.3 Å². The summed E-state index contributed by atoms with van der Waals surface area (Å²) in [4.78, 5) is 24.1. The summed E-state index contributed by atoms with van der Waals surface area (Å²) in [6, 6.07) is 2.21. The maximum atomic E-state index is 12.1. The van der Waals surface area contributed by atoms with Gasteiger partial charge in [0.15, 0.2) is 0 Å².